The number of benzene rings is 2. The van der Waals surface area contributed by atoms with Gasteiger partial charge in [-0.15, -0.1) is 0 Å². The molecule has 2 aromatic carbocycles. The zero-order valence-electron chi connectivity index (χ0n) is 19.0. The van der Waals surface area contributed by atoms with Crippen LogP contribution in [-0.4, -0.2) is 39.6 Å². The summed E-state index contributed by atoms with van der Waals surface area (Å²) in [6.07, 6.45) is 4.69. The van der Waals surface area contributed by atoms with E-state index < -0.39 is 5.60 Å². The number of carbonyl (C=O) groups excluding carboxylic acids is 2. The third kappa shape index (κ3) is 4.17. The lowest BCUT2D eigenvalue weighted by Gasteiger charge is -2.38. The molecule has 6 nitrogen and oxygen atoms in total. The molecule has 1 aliphatic heterocycles. The second-order valence-electron chi connectivity index (χ2n) is 9.59. The van der Waals surface area contributed by atoms with Crippen LogP contribution in [0.15, 0.2) is 66.9 Å². The first-order chi connectivity index (χ1) is 15.9. The zero-order chi connectivity index (χ0) is 23.0. The SMILES string of the molecule is CC1(C)OC(=O)N(C2CCC(NC(=O)c3cnc4ccccc4c3)CC2)C1c1ccccc1. The molecule has 2 amide bonds. The van der Waals surface area contributed by atoms with Gasteiger partial charge in [-0.05, 0) is 57.2 Å². The fourth-order valence-corrected chi connectivity index (χ4v) is 5.29. The van der Waals surface area contributed by atoms with E-state index >= 15 is 0 Å². The predicted molar refractivity (Wildman–Crippen MR) is 127 cm³/mol. The zero-order valence-corrected chi connectivity index (χ0v) is 19.0. The number of aromatic nitrogens is 1. The van der Waals surface area contributed by atoms with E-state index in [-0.39, 0.29) is 30.1 Å². The summed E-state index contributed by atoms with van der Waals surface area (Å²) in [7, 11) is 0. The van der Waals surface area contributed by atoms with E-state index in [1.807, 2.05) is 67.3 Å². The van der Waals surface area contributed by atoms with Crippen LogP contribution in [0.1, 0.15) is 61.5 Å². The van der Waals surface area contributed by atoms with Crippen LogP contribution in [0, 0.1) is 0 Å². The molecule has 5 rings (SSSR count). The summed E-state index contributed by atoms with van der Waals surface area (Å²) < 4.78 is 5.78. The Labute approximate surface area is 194 Å². The van der Waals surface area contributed by atoms with Gasteiger partial charge in [-0.1, -0.05) is 48.5 Å². The molecule has 6 heteroatoms. The minimum Gasteiger partial charge on any atom is -0.441 e. The Hall–Kier alpha value is -3.41. The number of para-hydroxylation sites is 1. The van der Waals surface area contributed by atoms with Gasteiger partial charge in [-0.2, -0.15) is 0 Å². The molecule has 1 saturated heterocycles. The van der Waals surface area contributed by atoms with Crippen molar-refractivity contribution in [3.05, 3.63) is 78.0 Å². The monoisotopic (exact) mass is 443 g/mol. The molecule has 170 valence electrons. The third-order valence-corrected chi connectivity index (χ3v) is 6.89. The maximum absolute atomic E-state index is 12.9. The van der Waals surface area contributed by atoms with Crippen molar-refractivity contribution in [3.8, 4) is 0 Å². The number of nitrogens with one attached hydrogen (secondary N) is 1. The highest BCUT2D eigenvalue weighted by Gasteiger charge is 2.51. The Morgan fingerprint density at radius 1 is 1.03 bits per heavy atom. The molecule has 3 aromatic rings. The molecular weight excluding hydrogens is 414 g/mol. The number of pyridine rings is 1. The van der Waals surface area contributed by atoms with Gasteiger partial charge >= 0.3 is 6.09 Å². The quantitative estimate of drug-likeness (QED) is 0.598. The highest BCUT2D eigenvalue weighted by atomic mass is 16.6. The van der Waals surface area contributed by atoms with Crippen molar-refractivity contribution in [1.82, 2.24) is 15.2 Å². The highest BCUT2D eigenvalue weighted by Crippen LogP contribution is 2.44. The average Bonchev–Trinajstić information content (AvgIpc) is 3.07. The van der Waals surface area contributed by atoms with Gasteiger partial charge in [0.05, 0.1) is 17.1 Å². The number of carbonyl (C=O) groups is 2. The third-order valence-electron chi connectivity index (χ3n) is 6.89. The van der Waals surface area contributed by atoms with Crippen molar-refractivity contribution in [2.24, 2.45) is 0 Å². The highest BCUT2D eigenvalue weighted by molar-refractivity contribution is 5.97. The lowest BCUT2D eigenvalue weighted by Crippen LogP contribution is -2.46. The van der Waals surface area contributed by atoms with Crippen LogP contribution >= 0.6 is 0 Å². The molecule has 1 aromatic heterocycles. The molecule has 1 saturated carbocycles. The van der Waals surface area contributed by atoms with E-state index in [2.05, 4.69) is 22.4 Å². The molecule has 1 aliphatic carbocycles. The largest absolute Gasteiger partial charge is 0.441 e. The van der Waals surface area contributed by atoms with Gasteiger partial charge in [0.15, 0.2) is 0 Å². The van der Waals surface area contributed by atoms with Gasteiger partial charge < -0.3 is 10.1 Å². The molecule has 1 N–H and O–H groups in total. The van der Waals surface area contributed by atoms with E-state index in [0.717, 1.165) is 42.1 Å². The number of nitrogens with zero attached hydrogens (tertiary/aromatic N) is 2. The van der Waals surface area contributed by atoms with Crippen molar-refractivity contribution >= 4 is 22.9 Å². The second kappa shape index (κ2) is 8.50. The minimum absolute atomic E-state index is 0.0852. The average molecular weight is 444 g/mol. The van der Waals surface area contributed by atoms with Crippen LogP contribution < -0.4 is 5.32 Å². The Balaban J connectivity index is 1.25. The summed E-state index contributed by atoms with van der Waals surface area (Å²) >= 11 is 0. The number of fused-ring (bicyclic) bond motifs is 1. The Morgan fingerprint density at radius 3 is 2.48 bits per heavy atom. The lowest BCUT2D eigenvalue weighted by molar-refractivity contribution is 0.0663. The molecule has 33 heavy (non-hydrogen) atoms. The Bertz CT molecular complexity index is 1170. The molecule has 2 aliphatic rings. The van der Waals surface area contributed by atoms with Crippen LogP contribution in [0.4, 0.5) is 4.79 Å². The van der Waals surface area contributed by atoms with Crippen LogP contribution in [0.25, 0.3) is 10.9 Å². The summed E-state index contributed by atoms with van der Waals surface area (Å²) in [6, 6.07) is 19.8. The van der Waals surface area contributed by atoms with Gasteiger partial charge in [0, 0.05) is 23.7 Å². The summed E-state index contributed by atoms with van der Waals surface area (Å²) in [5, 5.41) is 4.12. The fraction of sp³-hybridized carbons (Fsp3) is 0.370. The van der Waals surface area contributed by atoms with Gasteiger partial charge in [-0.3, -0.25) is 14.7 Å². The topological polar surface area (TPSA) is 71.5 Å². The van der Waals surface area contributed by atoms with Crippen molar-refractivity contribution < 1.29 is 14.3 Å². The number of ether oxygens (including phenoxy) is 1. The predicted octanol–water partition coefficient (Wildman–Crippen LogP) is 5.25. The minimum atomic E-state index is -0.591. The van der Waals surface area contributed by atoms with E-state index in [0.29, 0.717) is 5.56 Å². The van der Waals surface area contributed by atoms with Crippen molar-refractivity contribution in [3.63, 3.8) is 0 Å². The van der Waals surface area contributed by atoms with E-state index in [4.69, 9.17) is 4.74 Å². The standard InChI is InChI=1S/C27H29N3O3/c1-27(2)24(18-8-4-3-5-9-18)30(26(32)33-27)22-14-12-21(13-15-22)29-25(31)20-16-19-10-6-7-11-23(19)28-17-20/h3-11,16-17,21-22,24H,12-15H2,1-2H3,(H,29,31). The van der Waals surface area contributed by atoms with Crippen molar-refractivity contribution in [1.29, 1.82) is 0 Å². The fourth-order valence-electron chi connectivity index (χ4n) is 5.29. The van der Waals surface area contributed by atoms with Gasteiger partial charge in [0.25, 0.3) is 5.91 Å². The maximum atomic E-state index is 12.9. The smallest absolute Gasteiger partial charge is 0.411 e. The van der Waals surface area contributed by atoms with E-state index in [9.17, 15) is 9.59 Å². The molecule has 2 heterocycles. The first kappa shape index (κ1) is 21.4. The van der Waals surface area contributed by atoms with Gasteiger partial charge in [0.2, 0.25) is 0 Å². The molecule has 1 unspecified atom stereocenters. The molecule has 0 radical (unpaired) electrons. The maximum Gasteiger partial charge on any atom is 0.411 e. The Morgan fingerprint density at radius 2 is 1.73 bits per heavy atom. The van der Waals surface area contributed by atoms with Crippen LogP contribution in [0.2, 0.25) is 0 Å². The number of hydrogen-bond donors (Lipinski definition) is 1. The molecular formula is C27H29N3O3. The molecule has 0 bridgehead atoms. The summed E-state index contributed by atoms with van der Waals surface area (Å²) in [5.74, 6) is -0.0967. The van der Waals surface area contributed by atoms with Crippen LogP contribution in [0.5, 0.6) is 0 Å². The van der Waals surface area contributed by atoms with Crippen molar-refractivity contribution in [2.75, 3.05) is 0 Å². The van der Waals surface area contributed by atoms with Crippen molar-refractivity contribution in [2.45, 2.75) is 63.3 Å². The Kier molecular flexibility index (Phi) is 5.52. The normalized spacial score (nSPS) is 24.5. The van der Waals surface area contributed by atoms with E-state index in [1.54, 1.807) is 6.20 Å². The van der Waals surface area contributed by atoms with Gasteiger partial charge in [0.1, 0.15) is 5.60 Å². The first-order valence-corrected chi connectivity index (χ1v) is 11.6. The van der Waals surface area contributed by atoms with Gasteiger partial charge in [-0.25, -0.2) is 4.79 Å². The second-order valence-corrected chi connectivity index (χ2v) is 9.59. The molecule has 0 spiro atoms. The summed E-state index contributed by atoms with van der Waals surface area (Å²) in [6.45, 7) is 3.96. The van der Waals surface area contributed by atoms with Crippen LogP contribution in [0.3, 0.4) is 0 Å². The number of rotatable bonds is 4. The molecule has 1 atom stereocenters. The first-order valence-electron chi connectivity index (χ1n) is 11.6. The molecule has 2 fully saturated rings. The number of cyclic esters (lactones) is 1. The van der Waals surface area contributed by atoms with E-state index in [1.165, 1.54) is 0 Å². The van der Waals surface area contributed by atoms with Crippen LogP contribution in [-0.2, 0) is 4.74 Å². The number of hydrogen-bond acceptors (Lipinski definition) is 4. The number of amides is 2. The summed E-state index contributed by atoms with van der Waals surface area (Å²) in [5.41, 5.74) is 1.95. The summed E-state index contributed by atoms with van der Waals surface area (Å²) in [4.78, 5) is 32.0. The lowest BCUT2D eigenvalue weighted by atomic mass is 9.86.